The molecule has 0 spiro atoms. The number of aromatic nitrogens is 1. The van der Waals surface area contributed by atoms with Gasteiger partial charge in [-0.05, 0) is 54.9 Å². The summed E-state index contributed by atoms with van der Waals surface area (Å²) < 4.78 is 0. The highest BCUT2D eigenvalue weighted by molar-refractivity contribution is 5.56. The Bertz CT molecular complexity index is 411. The molecule has 0 amide bonds. The quantitative estimate of drug-likeness (QED) is 0.722. The first-order valence-corrected chi connectivity index (χ1v) is 6.68. The molecule has 2 unspecified atom stereocenters. The van der Waals surface area contributed by atoms with E-state index in [0.29, 0.717) is 5.92 Å². The number of hydrogen-bond acceptors (Lipinski definition) is 0. The average molecular weight is 229 g/mol. The Kier molecular flexibility index (Phi) is 3.88. The van der Waals surface area contributed by atoms with Gasteiger partial charge in [0.25, 0.3) is 0 Å². The molecular weight excluding hydrogens is 206 g/mol. The molecule has 2 atom stereocenters. The van der Waals surface area contributed by atoms with Gasteiger partial charge in [-0.3, -0.25) is 0 Å². The minimum Gasteiger partial charge on any atom is -0.361 e. The largest absolute Gasteiger partial charge is 0.361 e. The van der Waals surface area contributed by atoms with Crippen LogP contribution in [0.25, 0.3) is 6.08 Å². The molecule has 1 N–H and O–H groups in total. The van der Waals surface area contributed by atoms with Crippen LogP contribution in [0.4, 0.5) is 0 Å². The lowest BCUT2D eigenvalue weighted by Gasteiger charge is -2.27. The molecular formula is C16H23N. The molecule has 92 valence electrons. The average Bonchev–Trinajstić information content (AvgIpc) is 2.71. The molecule has 1 nitrogen and oxygen atoms in total. The van der Waals surface area contributed by atoms with Gasteiger partial charge in [0, 0.05) is 11.9 Å². The van der Waals surface area contributed by atoms with Crippen molar-refractivity contribution in [1.29, 1.82) is 0 Å². The van der Waals surface area contributed by atoms with Crippen molar-refractivity contribution in [3.8, 4) is 0 Å². The lowest BCUT2D eigenvalue weighted by Crippen LogP contribution is -2.14. The summed E-state index contributed by atoms with van der Waals surface area (Å²) in [6, 6.07) is 2.12. The van der Waals surface area contributed by atoms with Crippen molar-refractivity contribution in [2.75, 3.05) is 0 Å². The van der Waals surface area contributed by atoms with Crippen LogP contribution in [0.15, 0.2) is 30.5 Å². The van der Waals surface area contributed by atoms with Crippen LogP contribution in [0.1, 0.15) is 43.9 Å². The Hall–Kier alpha value is -1.24. The fourth-order valence-corrected chi connectivity index (χ4v) is 2.86. The van der Waals surface area contributed by atoms with E-state index in [1.165, 1.54) is 42.5 Å². The van der Waals surface area contributed by atoms with Gasteiger partial charge < -0.3 is 4.98 Å². The van der Waals surface area contributed by atoms with Crippen molar-refractivity contribution in [3.63, 3.8) is 0 Å². The molecule has 1 saturated carbocycles. The number of aromatic amines is 1. The zero-order valence-electron chi connectivity index (χ0n) is 11.0. The summed E-state index contributed by atoms with van der Waals surface area (Å²) in [6.45, 7) is 8.50. The summed E-state index contributed by atoms with van der Waals surface area (Å²) in [5, 5.41) is 0. The number of aryl methyl sites for hydroxylation is 1. The van der Waals surface area contributed by atoms with Crippen LogP contribution in [0.5, 0.6) is 0 Å². The summed E-state index contributed by atoms with van der Waals surface area (Å²) in [6.07, 6.45) is 11.7. The molecule has 1 aliphatic carbocycles. The maximum absolute atomic E-state index is 3.99. The van der Waals surface area contributed by atoms with E-state index in [1.807, 2.05) is 12.3 Å². The van der Waals surface area contributed by atoms with Crippen LogP contribution < -0.4 is 0 Å². The van der Waals surface area contributed by atoms with Crippen molar-refractivity contribution in [2.45, 2.75) is 39.5 Å². The van der Waals surface area contributed by atoms with E-state index in [9.17, 15) is 0 Å². The van der Waals surface area contributed by atoms with Gasteiger partial charge >= 0.3 is 0 Å². The number of H-pyrrole nitrogens is 1. The van der Waals surface area contributed by atoms with Crippen molar-refractivity contribution in [3.05, 3.63) is 41.7 Å². The Labute approximate surface area is 105 Å². The number of hydrogen-bond donors (Lipinski definition) is 1. The first kappa shape index (κ1) is 12.2. The minimum atomic E-state index is 0.707. The van der Waals surface area contributed by atoms with E-state index in [-0.39, 0.29) is 0 Å². The van der Waals surface area contributed by atoms with Crippen molar-refractivity contribution >= 4 is 6.08 Å². The fourth-order valence-electron chi connectivity index (χ4n) is 2.86. The highest BCUT2D eigenvalue weighted by Gasteiger charge is 2.20. The number of allylic oxidation sites excluding steroid dienone is 2. The normalized spacial score (nSPS) is 25.9. The van der Waals surface area contributed by atoms with E-state index in [1.54, 1.807) is 0 Å². The third-order valence-corrected chi connectivity index (χ3v) is 3.95. The van der Waals surface area contributed by atoms with Crippen LogP contribution in [0.2, 0.25) is 0 Å². The standard InChI is InChI=1S/C16H23N/c1-4-14(11-16-13(3)8-9-17-16)15-7-5-6-12(2)10-15/h4,8-9,11-12,15,17H,1,5-7,10H2,2-3H3/b14-11+. The SMILES string of the molecule is C=C/C(=C\c1[nH]ccc1C)C1CCCC(C)C1. The molecule has 1 aliphatic rings. The second-order valence-electron chi connectivity index (χ2n) is 5.39. The predicted molar refractivity (Wildman–Crippen MR) is 74.8 cm³/mol. The third-order valence-electron chi connectivity index (χ3n) is 3.95. The van der Waals surface area contributed by atoms with Gasteiger partial charge in [0.2, 0.25) is 0 Å². The Morgan fingerprint density at radius 2 is 2.29 bits per heavy atom. The van der Waals surface area contributed by atoms with Gasteiger partial charge in [0.15, 0.2) is 0 Å². The highest BCUT2D eigenvalue weighted by atomic mass is 14.7. The smallest absolute Gasteiger partial charge is 0.0412 e. The van der Waals surface area contributed by atoms with Crippen LogP contribution in [-0.4, -0.2) is 4.98 Å². The monoisotopic (exact) mass is 229 g/mol. The van der Waals surface area contributed by atoms with Crippen LogP contribution >= 0.6 is 0 Å². The summed E-state index contributed by atoms with van der Waals surface area (Å²) in [5.41, 5.74) is 3.95. The summed E-state index contributed by atoms with van der Waals surface area (Å²) in [4.78, 5) is 3.30. The van der Waals surface area contributed by atoms with Gasteiger partial charge in [0.1, 0.15) is 0 Å². The van der Waals surface area contributed by atoms with Gasteiger partial charge in [-0.25, -0.2) is 0 Å². The molecule has 1 aromatic heterocycles. The second-order valence-corrected chi connectivity index (χ2v) is 5.39. The molecule has 2 rings (SSSR count). The molecule has 0 bridgehead atoms. The van der Waals surface area contributed by atoms with E-state index >= 15 is 0 Å². The van der Waals surface area contributed by atoms with Gasteiger partial charge in [-0.1, -0.05) is 32.4 Å². The molecule has 1 heteroatoms. The molecule has 1 fully saturated rings. The van der Waals surface area contributed by atoms with E-state index in [2.05, 4.69) is 37.6 Å². The lowest BCUT2D eigenvalue weighted by atomic mass is 9.78. The third kappa shape index (κ3) is 2.91. The zero-order valence-corrected chi connectivity index (χ0v) is 11.0. The molecule has 0 saturated heterocycles. The van der Waals surface area contributed by atoms with Crippen molar-refractivity contribution < 1.29 is 0 Å². The summed E-state index contributed by atoms with van der Waals surface area (Å²) >= 11 is 0. The van der Waals surface area contributed by atoms with Crippen LogP contribution in [-0.2, 0) is 0 Å². The van der Waals surface area contributed by atoms with E-state index in [4.69, 9.17) is 0 Å². The van der Waals surface area contributed by atoms with Crippen molar-refractivity contribution in [2.24, 2.45) is 11.8 Å². The van der Waals surface area contributed by atoms with Crippen LogP contribution in [0.3, 0.4) is 0 Å². The number of rotatable bonds is 3. The topological polar surface area (TPSA) is 15.8 Å². The highest BCUT2D eigenvalue weighted by Crippen LogP contribution is 2.34. The van der Waals surface area contributed by atoms with E-state index < -0.39 is 0 Å². The maximum atomic E-state index is 3.99. The molecule has 0 aliphatic heterocycles. The summed E-state index contributed by atoms with van der Waals surface area (Å²) in [5.74, 6) is 1.57. The van der Waals surface area contributed by atoms with Gasteiger partial charge in [-0.2, -0.15) is 0 Å². The Morgan fingerprint density at radius 3 is 2.88 bits per heavy atom. The number of nitrogens with one attached hydrogen (secondary N) is 1. The second kappa shape index (κ2) is 5.39. The minimum absolute atomic E-state index is 0.707. The zero-order chi connectivity index (χ0) is 12.3. The Balaban J connectivity index is 2.18. The molecule has 0 radical (unpaired) electrons. The maximum Gasteiger partial charge on any atom is 0.0412 e. The fraction of sp³-hybridized carbons (Fsp3) is 0.500. The molecule has 1 aromatic rings. The van der Waals surface area contributed by atoms with Gasteiger partial charge in [-0.15, -0.1) is 0 Å². The molecule has 0 aromatic carbocycles. The Morgan fingerprint density at radius 1 is 1.47 bits per heavy atom. The predicted octanol–water partition coefficient (Wildman–Crippen LogP) is 4.72. The van der Waals surface area contributed by atoms with Crippen molar-refractivity contribution in [1.82, 2.24) is 4.98 Å². The lowest BCUT2D eigenvalue weighted by molar-refractivity contribution is 0.319. The first-order valence-electron chi connectivity index (χ1n) is 6.68. The van der Waals surface area contributed by atoms with E-state index in [0.717, 1.165) is 5.92 Å². The summed E-state index contributed by atoms with van der Waals surface area (Å²) in [7, 11) is 0. The first-order chi connectivity index (χ1) is 8.20. The molecule has 17 heavy (non-hydrogen) atoms. The van der Waals surface area contributed by atoms with Crippen LogP contribution in [0, 0.1) is 18.8 Å². The van der Waals surface area contributed by atoms with Gasteiger partial charge in [0.05, 0.1) is 0 Å². The molecule has 1 heterocycles.